The Morgan fingerprint density at radius 2 is 1.43 bits per heavy atom. The molecule has 0 heterocycles. The van der Waals surface area contributed by atoms with E-state index in [2.05, 4.69) is 20.9 Å². The predicted molar refractivity (Wildman–Crippen MR) is 178 cm³/mol. The van der Waals surface area contributed by atoms with Crippen molar-refractivity contribution >= 4 is 62.8 Å². The zero-order valence-corrected chi connectivity index (χ0v) is 26.1. The molecule has 0 aliphatic carbocycles. The van der Waals surface area contributed by atoms with E-state index in [0.717, 1.165) is 0 Å². The fourth-order valence-corrected chi connectivity index (χ4v) is 4.91. The monoisotopic (exact) mass is 653 g/mol. The number of nitrogens with one attached hydrogen (secondary N) is 2. The van der Waals surface area contributed by atoms with Crippen molar-refractivity contribution in [2.24, 2.45) is 16.0 Å². The van der Waals surface area contributed by atoms with E-state index in [1.165, 1.54) is 57.7 Å². The van der Waals surface area contributed by atoms with Gasteiger partial charge in [0, 0.05) is 28.3 Å². The van der Waals surface area contributed by atoms with Crippen molar-refractivity contribution in [3.05, 3.63) is 107 Å². The number of nitrogens with zero attached hydrogens (tertiary/aromatic N) is 2. The van der Waals surface area contributed by atoms with Gasteiger partial charge in [-0.2, -0.15) is 0 Å². The zero-order valence-electron chi connectivity index (χ0n) is 25.3. The second kappa shape index (κ2) is 13.9. The highest BCUT2D eigenvalue weighted by atomic mass is 35.5. The number of benzene rings is 5. The fourth-order valence-electron chi connectivity index (χ4n) is 4.67. The lowest BCUT2D eigenvalue weighted by atomic mass is 10.0. The number of primary amides is 1. The maximum absolute atomic E-state index is 13.5. The molecule has 0 saturated heterocycles. The van der Waals surface area contributed by atoms with Gasteiger partial charge in [0.25, 0.3) is 11.8 Å². The molecule has 3 amide bonds. The molecular formula is C34H28ClN5O7. The number of halogens is 1. The number of azo groups is 1. The molecule has 0 saturated carbocycles. The van der Waals surface area contributed by atoms with E-state index in [1.807, 2.05) is 0 Å². The molecule has 0 fully saturated rings. The Hall–Kier alpha value is -6.14. The zero-order chi connectivity index (χ0) is 33.7. The normalized spacial score (nSPS) is 10.9. The van der Waals surface area contributed by atoms with Gasteiger partial charge in [0.05, 0.1) is 37.6 Å². The SMILES string of the molecule is COc1cc(OC)c(NC(=O)c2cc3ccccc3c(N=Nc3cc(C(=O)Nc4ccc(C(N)=O)cc4)ccc3OC)c2O)cc1Cl. The number of aromatic hydroxyl groups is 1. The fraction of sp³-hybridized carbons (Fsp3) is 0.0882. The quantitative estimate of drug-likeness (QED) is 0.115. The Bertz CT molecular complexity index is 2050. The highest BCUT2D eigenvalue weighted by molar-refractivity contribution is 6.32. The van der Waals surface area contributed by atoms with E-state index in [0.29, 0.717) is 39.3 Å². The van der Waals surface area contributed by atoms with Crippen LogP contribution in [-0.2, 0) is 0 Å². The summed E-state index contributed by atoms with van der Waals surface area (Å²) < 4.78 is 16.0. The standard InChI is InChI=1S/C34H28ClN5O7/c1-45-27-13-10-20(33(43)37-21-11-8-18(9-12-21)32(36)42)15-26(27)39-40-30-22-7-5-4-6-19(22)14-23(31(30)41)34(44)38-25-16-24(35)28(46-2)17-29(25)47-3/h4-17,41H,1-3H3,(H2,36,42)(H,37,43)(H,38,44). The Labute approximate surface area is 273 Å². The molecule has 5 aromatic carbocycles. The van der Waals surface area contributed by atoms with Crippen LogP contribution in [0.15, 0.2) is 95.2 Å². The molecule has 0 aromatic heterocycles. The molecular weight excluding hydrogens is 626 g/mol. The van der Waals surface area contributed by atoms with Crippen molar-refractivity contribution in [2.45, 2.75) is 0 Å². The number of nitrogens with two attached hydrogens (primary N) is 1. The molecule has 5 N–H and O–H groups in total. The largest absolute Gasteiger partial charge is 0.505 e. The van der Waals surface area contributed by atoms with E-state index in [1.54, 1.807) is 48.5 Å². The molecule has 0 radical (unpaired) electrons. The van der Waals surface area contributed by atoms with Gasteiger partial charge in [0.15, 0.2) is 5.75 Å². The molecule has 47 heavy (non-hydrogen) atoms. The summed E-state index contributed by atoms with van der Waals surface area (Å²) >= 11 is 6.27. The molecule has 12 nitrogen and oxygen atoms in total. The van der Waals surface area contributed by atoms with Gasteiger partial charge >= 0.3 is 0 Å². The molecule has 0 spiro atoms. The van der Waals surface area contributed by atoms with Crippen LogP contribution in [-0.4, -0.2) is 44.2 Å². The number of phenolic OH excluding ortho intramolecular Hbond substituents is 1. The summed E-state index contributed by atoms with van der Waals surface area (Å²) in [5.41, 5.74) is 6.62. The lowest BCUT2D eigenvalue weighted by Gasteiger charge is -2.15. The molecule has 5 rings (SSSR count). The van der Waals surface area contributed by atoms with Crippen LogP contribution in [0.1, 0.15) is 31.1 Å². The summed E-state index contributed by atoms with van der Waals surface area (Å²) in [6, 6.07) is 22.2. The molecule has 238 valence electrons. The molecule has 13 heteroatoms. The second-order valence-corrected chi connectivity index (χ2v) is 10.4. The third kappa shape index (κ3) is 6.92. The highest BCUT2D eigenvalue weighted by Crippen LogP contribution is 2.42. The molecule has 0 atom stereocenters. The first-order valence-corrected chi connectivity index (χ1v) is 14.3. The van der Waals surface area contributed by atoms with E-state index in [9.17, 15) is 19.5 Å². The number of methoxy groups -OCH3 is 3. The Morgan fingerprint density at radius 3 is 2.11 bits per heavy atom. The average Bonchev–Trinajstić information content (AvgIpc) is 3.07. The van der Waals surface area contributed by atoms with Crippen molar-refractivity contribution in [1.82, 2.24) is 0 Å². The van der Waals surface area contributed by atoms with Crippen molar-refractivity contribution in [3.8, 4) is 23.0 Å². The van der Waals surface area contributed by atoms with Crippen molar-refractivity contribution in [1.29, 1.82) is 0 Å². The average molecular weight is 654 g/mol. The number of carbonyl (C=O) groups is 3. The van der Waals surface area contributed by atoms with Gasteiger partial charge in [-0.3, -0.25) is 14.4 Å². The topological polar surface area (TPSA) is 174 Å². The van der Waals surface area contributed by atoms with Crippen molar-refractivity contribution in [3.63, 3.8) is 0 Å². The summed E-state index contributed by atoms with van der Waals surface area (Å²) in [4.78, 5) is 37.9. The smallest absolute Gasteiger partial charge is 0.259 e. The number of phenols is 1. The van der Waals surface area contributed by atoms with E-state index < -0.39 is 23.5 Å². The maximum atomic E-state index is 13.5. The summed E-state index contributed by atoms with van der Waals surface area (Å²) in [5, 5.41) is 26.8. The van der Waals surface area contributed by atoms with Crippen molar-refractivity contribution in [2.75, 3.05) is 32.0 Å². The number of rotatable bonds is 10. The molecule has 0 unspecified atom stereocenters. The number of ether oxygens (including phenoxy) is 3. The van der Waals surface area contributed by atoms with Crippen LogP contribution in [0.4, 0.5) is 22.7 Å². The minimum Gasteiger partial charge on any atom is -0.505 e. The Balaban J connectivity index is 1.49. The first-order chi connectivity index (χ1) is 22.6. The van der Waals surface area contributed by atoms with Gasteiger partial charge in [-0.1, -0.05) is 35.9 Å². The summed E-state index contributed by atoms with van der Waals surface area (Å²) in [7, 11) is 4.32. The predicted octanol–water partition coefficient (Wildman–Crippen LogP) is 7.24. The van der Waals surface area contributed by atoms with Crippen molar-refractivity contribution < 1.29 is 33.7 Å². The summed E-state index contributed by atoms with van der Waals surface area (Å²) in [6.07, 6.45) is 0. The first kappa shape index (κ1) is 32.3. The van der Waals surface area contributed by atoms with Crippen LogP contribution in [0.5, 0.6) is 23.0 Å². The number of amides is 3. The van der Waals surface area contributed by atoms with Crippen LogP contribution in [0.25, 0.3) is 10.8 Å². The van der Waals surface area contributed by atoms with Crippen LogP contribution < -0.4 is 30.6 Å². The number of anilines is 2. The molecule has 0 aliphatic rings. The first-order valence-electron chi connectivity index (χ1n) is 13.9. The van der Waals surface area contributed by atoms with E-state index in [4.69, 9.17) is 31.5 Å². The maximum Gasteiger partial charge on any atom is 0.259 e. The number of hydrogen-bond donors (Lipinski definition) is 4. The number of hydrogen-bond acceptors (Lipinski definition) is 9. The minimum absolute atomic E-state index is 0.0134. The molecule has 0 bridgehead atoms. The van der Waals surface area contributed by atoms with Gasteiger partial charge in [0.2, 0.25) is 5.91 Å². The van der Waals surface area contributed by atoms with E-state index in [-0.39, 0.29) is 33.2 Å². The third-order valence-electron chi connectivity index (χ3n) is 7.09. The second-order valence-electron chi connectivity index (χ2n) is 9.97. The van der Waals surface area contributed by atoms with Crippen LogP contribution in [0.2, 0.25) is 5.02 Å². The van der Waals surface area contributed by atoms with Crippen LogP contribution >= 0.6 is 11.6 Å². The summed E-state index contributed by atoms with van der Waals surface area (Å²) in [5.74, 6) is -1.19. The van der Waals surface area contributed by atoms with Gasteiger partial charge < -0.3 is 35.7 Å². The minimum atomic E-state index is -0.663. The number of carbonyl (C=O) groups excluding carboxylic acids is 3. The Morgan fingerprint density at radius 1 is 0.745 bits per heavy atom. The lowest BCUT2D eigenvalue weighted by Crippen LogP contribution is -2.13. The molecule has 0 aliphatic heterocycles. The number of fused-ring (bicyclic) bond motifs is 1. The Kier molecular flexibility index (Phi) is 9.52. The van der Waals surface area contributed by atoms with Crippen LogP contribution in [0, 0.1) is 0 Å². The highest BCUT2D eigenvalue weighted by Gasteiger charge is 2.21. The third-order valence-corrected chi connectivity index (χ3v) is 7.38. The summed E-state index contributed by atoms with van der Waals surface area (Å²) in [6.45, 7) is 0. The van der Waals surface area contributed by atoms with Gasteiger partial charge in [-0.15, -0.1) is 10.2 Å². The van der Waals surface area contributed by atoms with Gasteiger partial charge in [0.1, 0.15) is 28.6 Å². The van der Waals surface area contributed by atoms with E-state index >= 15 is 0 Å². The molecule has 5 aromatic rings. The van der Waals surface area contributed by atoms with Gasteiger partial charge in [-0.05, 0) is 60.0 Å². The lowest BCUT2D eigenvalue weighted by molar-refractivity contribution is 0.0996. The van der Waals surface area contributed by atoms with Gasteiger partial charge in [-0.25, -0.2) is 0 Å². The van der Waals surface area contributed by atoms with Crippen LogP contribution in [0.3, 0.4) is 0 Å².